The first kappa shape index (κ1) is 17.5. The van der Waals surface area contributed by atoms with Crippen molar-refractivity contribution >= 4 is 16.7 Å². The number of benzene rings is 2. The van der Waals surface area contributed by atoms with Crippen molar-refractivity contribution in [1.82, 2.24) is 15.1 Å². The zero-order chi connectivity index (χ0) is 18.6. The highest BCUT2D eigenvalue weighted by atomic mass is 16.5. The number of likely N-dealkylation sites (tertiary alicyclic amines) is 1. The summed E-state index contributed by atoms with van der Waals surface area (Å²) in [7, 11) is 0. The van der Waals surface area contributed by atoms with Crippen molar-refractivity contribution in [1.29, 1.82) is 0 Å². The van der Waals surface area contributed by atoms with Gasteiger partial charge in [-0.15, -0.1) is 5.10 Å². The van der Waals surface area contributed by atoms with Crippen LogP contribution in [0.1, 0.15) is 28.9 Å². The van der Waals surface area contributed by atoms with Crippen LogP contribution in [-0.4, -0.2) is 40.7 Å². The molecule has 0 bridgehead atoms. The number of amides is 1. The topological polar surface area (TPSA) is 55.3 Å². The monoisotopic (exact) mass is 361 g/mol. The molecule has 0 radical (unpaired) electrons. The molecule has 138 valence electrons. The van der Waals surface area contributed by atoms with Gasteiger partial charge in [-0.05, 0) is 48.6 Å². The maximum atomic E-state index is 13.0. The van der Waals surface area contributed by atoms with Gasteiger partial charge >= 0.3 is 0 Å². The van der Waals surface area contributed by atoms with Gasteiger partial charge in [-0.3, -0.25) is 4.79 Å². The maximum Gasteiger partial charge on any atom is 0.254 e. The number of hydrogen-bond donors (Lipinski definition) is 0. The molecule has 1 saturated heterocycles. The summed E-state index contributed by atoms with van der Waals surface area (Å²) in [5, 5.41) is 10.2. The van der Waals surface area contributed by atoms with Gasteiger partial charge in [0.05, 0.1) is 12.3 Å². The van der Waals surface area contributed by atoms with Crippen molar-refractivity contribution < 1.29 is 9.53 Å². The molecular weight excluding hydrogens is 338 g/mol. The Kier molecular flexibility index (Phi) is 5.01. The molecule has 1 fully saturated rings. The van der Waals surface area contributed by atoms with Crippen molar-refractivity contribution in [3.63, 3.8) is 0 Å². The quantitative estimate of drug-likeness (QED) is 0.708. The second kappa shape index (κ2) is 7.74. The van der Waals surface area contributed by atoms with E-state index >= 15 is 0 Å². The van der Waals surface area contributed by atoms with Crippen LogP contribution in [0.25, 0.3) is 10.8 Å². The molecular formula is C22H23N3O2. The zero-order valence-corrected chi connectivity index (χ0v) is 15.5. The number of ether oxygens (including phenoxy) is 1. The highest BCUT2D eigenvalue weighted by Crippen LogP contribution is 2.24. The Morgan fingerprint density at radius 1 is 1.04 bits per heavy atom. The van der Waals surface area contributed by atoms with Crippen molar-refractivity contribution in [3.8, 4) is 5.88 Å². The van der Waals surface area contributed by atoms with E-state index in [1.165, 1.54) is 0 Å². The molecule has 5 heteroatoms. The van der Waals surface area contributed by atoms with Gasteiger partial charge in [0.2, 0.25) is 5.88 Å². The summed E-state index contributed by atoms with van der Waals surface area (Å²) in [4.78, 5) is 15.0. The van der Waals surface area contributed by atoms with Gasteiger partial charge in [0.15, 0.2) is 0 Å². The minimum Gasteiger partial charge on any atom is -0.476 e. The predicted octanol–water partition coefficient (Wildman–Crippen LogP) is 3.87. The van der Waals surface area contributed by atoms with Crippen LogP contribution in [0.2, 0.25) is 0 Å². The van der Waals surface area contributed by atoms with Crippen molar-refractivity contribution in [2.75, 3.05) is 19.7 Å². The number of piperidine rings is 1. The number of carbonyl (C=O) groups is 1. The van der Waals surface area contributed by atoms with Gasteiger partial charge in [-0.2, -0.15) is 5.10 Å². The van der Waals surface area contributed by atoms with Crippen molar-refractivity contribution in [3.05, 3.63) is 65.9 Å². The van der Waals surface area contributed by atoms with E-state index in [4.69, 9.17) is 4.74 Å². The van der Waals surface area contributed by atoms with Crippen LogP contribution in [0.4, 0.5) is 0 Å². The third-order valence-corrected chi connectivity index (χ3v) is 5.16. The van der Waals surface area contributed by atoms with Gasteiger partial charge in [0, 0.05) is 24.7 Å². The highest BCUT2D eigenvalue weighted by Gasteiger charge is 2.25. The van der Waals surface area contributed by atoms with E-state index < -0.39 is 0 Å². The Morgan fingerprint density at radius 3 is 2.59 bits per heavy atom. The average molecular weight is 361 g/mol. The van der Waals surface area contributed by atoms with E-state index in [0.717, 1.165) is 48.0 Å². The van der Waals surface area contributed by atoms with Crippen LogP contribution >= 0.6 is 0 Å². The zero-order valence-electron chi connectivity index (χ0n) is 15.5. The van der Waals surface area contributed by atoms with Gasteiger partial charge in [0.1, 0.15) is 0 Å². The van der Waals surface area contributed by atoms with E-state index in [2.05, 4.69) is 10.2 Å². The number of nitrogens with zero attached hydrogens (tertiary/aromatic N) is 3. The molecule has 0 spiro atoms. The minimum atomic E-state index is 0.121. The lowest BCUT2D eigenvalue weighted by Crippen LogP contribution is -2.39. The number of aryl methyl sites for hydroxylation is 1. The fourth-order valence-electron chi connectivity index (χ4n) is 3.55. The van der Waals surface area contributed by atoms with Crippen LogP contribution < -0.4 is 4.74 Å². The molecule has 0 unspecified atom stereocenters. The molecule has 27 heavy (non-hydrogen) atoms. The molecule has 1 aliphatic rings. The summed E-state index contributed by atoms with van der Waals surface area (Å²) < 4.78 is 5.76. The third-order valence-electron chi connectivity index (χ3n) is 5.16. The van der Waals surface area contributed by atoms with Gasteiger partial charge in [-0.1, -0.05) is 36.4 Å². The first-order valence-corrected chi connectivity index (χ1v) is 9.41. The largest absolute Gasteiger partial charge is 0.476 e. The Hall–Kier alpha value is -2.95. The van der Waals surface area contributed by atoms with Gasteiger partial charge < -0.3 is 9.64 Å². The van der Waals surface area contributed by atoms with E-state index in [1.54, 1.807) is 0 Å². The summed E-state index contributed by atoms with van der Waals surface area (Å²) in [6, 6.07) is 17.7. The molecule has 1 aliphatic heterocycles. The Balaban J connectivity index is 1.36. The van der Waals surface area contributed by atoms with Crippen LogP contribution in [0, 0.1) is 12.8 Å². The number of hydrogen-bond acceptors (Lipinski definition) is 4. The second-order valence-electron chi connectivity index (χ2n) is 7.09. The minimum absolute atomic E-state index is 0.121. The summed E-state index contributed by atoms with van der Waals surface area (Å²) in [6.45, 7) is 4.04. The molecule has 2 heterocycles. The Labute approximate surface area is 159 Å². The smallest absolute Gasteiger partial charge is 0.254 e. The third kappa shape index (κ3) is 3.92. The average Bonchev–Trinajstić information content (AvgIpc) is 2.73. The molecule has 0 atom stereocenters. The Bertz CT molecular complexity index is 926. The molecule has 2 aromatic carbocycles. The maximum absolute atomic E-state index is 13.0. The molecule has 1 aromatic heterocycles. The lowest BCUT2D eigenvalue weighted by Gasteiger charge is -2.32. The first-order chi connectivity index (χ1) is 13.2. The molecule has 0 aliphatic carbocycles. The van der Waals surface area contributed by atoms with E-state index in [-0.39, 0.29) is 5.91 Å². The van der Waals surface area contributed by atoms with Crippen LogP contribution in [0.5, 0.6) is 5.88 Å². The number of rotatable bonds is 4. The molecule has 0 N–H and O–H groups in total. The Morgan fingerprint density at radius 2 is 1.81 bits per heavy atom. The van der Waals surface area contributed by atoms with E-state index in [0.29, 0.717) is 18.4 Å². The van der Waals surface area contributed by atoms with E-state index in [9.17, 15) is 4.79 Å². The second-order valence-corrected chi connectivity index (χ2v) is 7.09. The van der Waals surface area contributed by atoms with Crippen molar-refractivity contribution in [2.45, 2.75) is 19.8 Å². The molecule has 5 nitrogen and oxygen atoms in total. The predicted molar refractivity (Wildman–Crippen MR) is 105 cm³/mol. The molecule has 4 rings (SSSR count). The van der Waals surface area contributed by atoms with Crippen LogP contribution in [-0.2, 0) is 0 Å². The number of carbonyl (C=O) groups excluding carboxylic acids is 1. The number of aromatic nitrogens is 2. The normalized spacial score (nSPS) is 15.1. The van der Waals surface area contributed by atoms with Gasteiger partial charge in [0.25, 0.3) is 5.91 Å². The standard InChI is InChI=1S/C22H23N3O2/c1-16-9-10-21(24-23-16)27-15-17-11-13-25(14-12-17)22(26)20-8-4-6-18-5-2-3-7-19(18)20/h2-10,17H,11-15H2,1H3. The molecule has 0 saturated carbocycles. The molecule has 3 aromatic rings. The van der Waals surface area contributed by atoms with E-state index in [1.807, 2.05) is 66.4 Å². The fraction of sp³-hybridized carbons (Fsp3) is 0.318. The van der Waals surface area contributed by atoms with Crippen LogP contribution in [0.15, 0.2) is 54.6 Å². The van der Waals surface area contributed by atoms with Crippen molar-refractivity contribution in [2.24, 2.45) is 5.92 Å². The summed E-state index contributed by atoms with van der Waals surface area (Å²) in [6.07, 6.45) is 1.88. The summed E-state index contributed by atoms with van der Waals surface area (Å²) in [5.74, 6) is 1.12. The number of fused-ring (bicyclic) bond motifs is 1. The first-order valence-electron chi connectivity index (χ1n) is 9.41. The van der Waals surface area contributed by atoms with Gasteiger partial charge in [-0.25, -0.2) is 0 Å². The molecule has 1 amide bonds. The lowest BCUT2D eigenvalue weighted by molar-refractivity contribution is 0.0661. The highest BCUT2D eigenvalue weighted by molar-refractivity contribution is 6.07. The lowest BCUT2D eigenvalue weighted by atomic mass is 9.96. The fourth-order valence-corrected chi connectivity index (χ4v) is 3.55. The SMILES string of the molecule is Cc1ccc(OCC2CCN(C(=O)c3cccc4ccccc34)CC2)nn1. The summed E-state index contributed by atoms with van der Waals surface area (Å²) >= 11 is 0. The summed E-state index contributed by atoms with van der Waals surface area (Å²) in [5.41, 5.74) is 1.67. The van der Waals surface area contributed by atoms with Crippen LogP contribution in [0.3, 0.4) is 0 Å².